The largest absolute Gasteiger partial charge is 0.485 e. The van der Waals surface area contributed by atoms with Crippen LogP contribution in [-0.4, -0.2) is 12.4 Å². The van der Waals surface area contributed by atoms with Gasteiger partial charge in [0, 0.05) is 5.56 Å². The molecule has 0 bridgehead atoms. The van der Waals surface area contributed by atoms with Crippen molar-refractivity contribution in [1.29, 1.82) is 0 Å². The SMILES string of the molecule is Cc1cccc(C(=O)COc2c(C)ccc(C)c2C)c1. The van der Waals surface area contributed by atoms with Crippen LogP contribution in [0.15, 0.2) is 36.4 Å². The molecule has 0 fully saturated rings. The standard InChI is InChI=1S/C18H20O2/c1-12-6-5-7-16(10-12)17(19)11-20-18-14(3)9-8-13(2)15(18)4/h5-10H,11H2,1-4H3. The average molecular weight is 268 g/mol. The van der Waals surface area contributed by atoms with Gasteiger partial charge in [0.05, 0.1) is 0 Å². The van der Waals surface area contributed by atoms with Gasteiger partial charge in [-0.1, -0.05) is 35.9 Å². The molecular formula is C18H20O2. The summed E-state index contributed by atoms with van der Waals surface area (Å²) in [6.07, 6.45) is 0. The van der Waals surface area contributed by atoms with E-state index >= 15 is 0 Å². The van der Waals surface area contributed by atoms with Crippen LogP contribution >= 0.6 is 0 Å². The fourth-order valence-electron chi connectivity index (χ4n) is 2.19. The monoisotopic (exact) mass is 268 g/mol. The predicted molar refractivity (Wildman–Crippen MR) is 81.7 cm³/mol. The third-order valence-corrected chi connectivity index (χ3v) is 3.56. The third-order valence-electron chi connectivity index (χ3n) is 3.56. The zero-order valence-corrected chi connectivity index (χ0v) is 12.5. The van der Waals surface area contributed by atoms with E-state index in [4.69, 9.17) is 4.74 Å². The Bertz CT molecular complexity index is 642. The molecule has 2 nitrogen and oxygen atoms in total. The molecule has 2 aromatic carbocycles. The number of rotatable bonds is 4. The van der Waals surface area contributed by atoms with Crippen molar-refractivity contribution >= 4 is 5.78 Å². The van der Waals surface area contributed by atoms with E-state index in [9.17, 15) is 4.79 Å². The van der Waals surface area contributed by atoms with Gasteiger partial charge in [-0.15, -0.1) is 0 Å². The third kappa shape index (κ3) is 3.08. The molecule has 0 saturated heterocycles. The van der Waals surface area contributed by atoms with E-state index < -0.39 is 0 Å². The van der Waals surface area contributed by atoms with Gasteiger partial charge in [-0.2, -0.15) is 0 Å². The highest BCUT2D eigenvalue weighted by Gasteiger charge is 2.10. The van der Waals surface area contributed by atoms with Crippen molar-refractivity contribution in [1.82, 2.24) is 0 Å². The fraction of sp³-hybridized carbons (Fsp3) is 0.278. The molecule has 2 heteroatoms. The number of aryl methyl sites for hydroxylation is 3. The van der Waals surface area contributed by atoms with Crippen LogP contribution in [0.5, 0.6) is 5.75 Å². The van der Waals surface area contributed by atoms with Gasteiger partial charge in [0.25, 0.3) is 0 Å². The minimum absolute atomic E-state index is 0.00834. The van der Waals surface area contributed by atoms with E-state index in [2.05, 4.69) is 6.07 Å². The van der Waals surface area contributed by atoms with Gasteiger partial charge >= 0.3 is 0 Å². The minimum atomic E-state index is 0.00834. The summed E-state index contributed by atoms with van der Waals surface area (Å²) in [5.41, 5.74) is 5.12. The lowest BCUT2D eigenvalue weighted by Crippen LogP contribution is -2.13. The Labute approximate surface area is 120 Å². The number of hydrogen-bond acceptors (Lipinski definition) is 2. The maximum absolute atomic E-state index is 12.2. The second-order valence-electron chi connectivity index (χ2n) is 5.23. The molecule has 0 aliphatic rings. The van der Waals surface area contributed by atoms with E-state index in [1.165, 1.54) is 5.56 Å². The minimum Gasteiger partial charge on any atom is -0.485 e. The summed E-state index contributed by atoms with van der Waals surface area (Å²) in [5.74, 6) is 0.833. The Morgan fingerprint density at radius 1 is 1.00 bits per heavy atom. The molecule has 0 atom stereocenters. The van der Waals surface area contributed by atoms with Crippen molar-refractivity contribution in [3.05, 3.63) is 64.2 Å². The van der Waals surface area contributed by atoms with Crippen molar-refractivity contribution in [2.24, 2.45) is 0 Å². The number of hydrogen-bond donors (Lipinski definition) is 0. The Kier molecular flexibility index (Phi) is 4.23. The van der Waals surface area contributed by atoms with Crippen LogP contribution in [0, 0.1) is 27.7 Å². The maximum Gasteiger partial charge on any atom is 0.200 e. The summed E-state index contributed by atoms with van der Waals surface area (Å²) >= 11 is 0. The molecule has 2 aromatic rings. The molecule has 2 rings (SSSR count). The van der Waals surface area contributed by atoms with E-state index in [0.717, 1.165) is 22.4 Å². The molecule has 0 saturated carbocycles. The Morgan fingerprint density at radius 3 is 2.40 bits per heavy atom. The van der Waals surface area contributed by atoms with Crippen LogP contribution in [0.3, 0.4) is 0 Å². The summed E-state index contributed by atoms with van der Waals surface area (Å²) in [6.45, 7) is 8.12. The zero-order valence-electron chi connectivity index (χ0n) is 12.5. The van der Waals surface area contributed by atoms with Crippen LogP contribution in [0.4, 0.5) is 0 Å². The molecular weight excluding hydrogens is 248 g/mol. The van der Waals surface area contributed by atoms with E-state index in [-0.39, 0.29) is 12.4 Å². The van der Waals surface area contributed by atoms with Crippen molar-refractivity contribution in [3.63, 3.8) is 0 Å². The molecule has 0 aromatic heterocycles. The number of ketones is 1. The van der Waals surface area contributed by atoms with Crippen LogP contribution in [0.1, 0.15) is 32.6 Å². The van der Waals surface area contributed by atoms with Gasteiger partial charge < -0.3 is 4.74 Å². The number of Topliss-reactive ketones (excluding diaryl/α,β-unsaturated/α-hetero) is 1. The molecule has 104 valence electrons. The molecule has 0 heterocycles. The molecule has 0 amide bonds. The second kappa shape index (κ2) is 5.91. The predicted octanol–water partition coefficient (Wildman–Crippen LogP) is 4.18. The smallest absolute Gasteiger partial charge is 0.200 e. The number of ether oxygens (including phenoxy) is 1. The highest BCUT2D eigenvalue weighted by atomic mass is 16.5. The van der Waals surface area contributed by atoms with Crippen molar-refractivity contribution in [3.8, 4) is 5.75 Å². The summed E-state index contributed by atoms with van der Waals surface area (Å²) in [5, 5.41) is 0. The summed E-state index contributed by atoms with van der Waals surface area (Å²) in [6, 6.07) is 11.7. The Morgan fingerprint density at radius 2 is 1.70 bits per heavy atom. The van der Waals surface area contributed by atoms with Gasteiger partial charge in [-0.25, -0.2) is 0 Å². The molecule has 0 unspecified atom stereocenters. The van der Waals surface area contributed by atoms with Crippen molar-refractivity contribution < 1.29 is 9.53 Å². The zero-order chi connectivity index (χ0) is 14.7. The van der Waals surface area contributed by atoms with Crippen LogP contribution in [0.25, 0.3) is 0 Å². The Hall–Kier alpha value is -2.09. The van der Waals surface area contributed by atoms with Crippen molar-refractivity contribution in [2.45, 2.75) is 27.7 Å². The van der Waals surface area contributed by atoms with Gasteiger partial charge in [0.15, 0.2) is 12.4 Å². The number of benzene rings is 2. The molecule has 0 aliphatic heterocycles. The number of carbonyl (C=O) groups excluding carboxylic acids is 1. The van der Waals surface area contributed by atoms with Crippen LogP contribution in [0.2, 0.25) is 0 Å². The molecule has 20 heavy (non-hydrogen) atoms. The lowest BCUT2D eigenvalue weighted by Gasteiger charge is -2.13. The fourth-order valence-corrected chi connectivity index (χ4v) is 2.19. The number of carbonyl (C=O) groups is 1. The highest BCUT2D eigenvalue weighted by molar-refractivity contribution is 5.97. The highest BCUT2D eigenvalue weighted by Crippen LogP contribution is 2.25. The lowest BCUT2D eigenvalue weighted by molar-refractivity contribution is 0.0920. The quantitative estimate of drug-likeness (QED) is 0.777. The first-order valence-electron chi connectivity index (χ1n) is 6.78. The second-order valence-corrected chi connectivity index (χ2v) is 5.23. The topological polar surface area (TPSA) is 26.3 Å². The molecule has 0 spiro atoms. The van der Waals surface area contributed by atoms with Crippen LogP contribution in [-0.2, 0) is 0 Å². The van der Waals surface area contributed by atoms with Gasteiger partial charge in [-0.05, 0) is 50.5 Å². The molecule has 0 N–H and O–H groups in total. The van der Waals surface area contributed by atoms with Crippen molar-refractivity contribution in [2.75, 3.05) is 6.61 Å². The summed E-state index contributed by atoms with van der Waals surface area (Å²) in [7, 11) is 0. The average Bonchev–Trinajstić information content (AvgIpc) is 2.43. The molecule has 0 radical (unpaired) electrons. The maximum atomic E-state index is 12.2. The van der Waals surface area contributed by atoms with E-state index in [0.29, 0.717) is 5.56 Å². The van der Waals surface area contributed by atoms with Gasteiger partial charge in [0.2, 0.25) is 0 Å². The summed E-state index contributed by atoms with van der Waals surface area (Å²) < 4.78 is 5.75. The lowest BCUT2D eigenvalue weighted by atomic mass is 10.1. The Balaban J connectivity index is 2.13. The van der Waals surface area contributed by atoms with Gasteiger partial charge in [0.1, 0.15) is 5.75 Å². The normalized spacial score (nSPS) is 10.4. The first kappa shape index (κ1) is 14.3. The summed E-state index contributed by atoms with van der Waals surface area (Å²) in [4.78, 5) is 12.2. The van der Waals surface area contributed by atoms with E-state index in [1.807, 2.05) is 58.0 Å². The van der Waals surface area contributed by atoms with Gasteiger partial charge in [-0.3, -0.25) is 4.79 Å². The first-order valence-corrected chi connectivity index (χ1v) is 6.78. The first-order chi connectivity index (χ1) is 9.49. The van der Waals surface area contributed by atoms with Crippen LogP contribution < -0.4 is 4.74 Å². The van der Waals surface area contributed by atoms with E-state index in [1.54, 1.807) is 0 Å². The molecule has 0 aliphatic carbocycles.